The molecule has 0 aromatic heterocycles. The summed E-state index contributed by atoms with van der Waals surface area (Å²) in [6.07, 6.45) is 21.1. The number of amides is 1. The molecule has 0 saturated carbocycles. The van der Waals surface area contributed by atoms with Gasteiger partial charge in [-0.1, -0.05) is 68.4 Å². The number of aliphatic hydroxyl groups excluding tert-OH is 1. The summed E-state index contributed by atoms with van der Waals surface area (Å²) in [5, 5.41) is 29.8. The number of nitrogens with one attached hydrogen (secondary N) is 1. The zero-order valence-electron chi connectivity index (χ0n) is 20.0. The van der Waals surface area contributed by atoms with Crippen molar-refractivity contribution in [2.75, 3.05) is 12.3 Å². The number of hydrogen-bond acceptors (Lipinski definition) is 6. The van der Waals surface area contributed by atoms with E-state index in [1.54, 1.807) is 12.2 Å². The minimum Gasteiger partial charge on any atom is -0.481 e. The van der Waals surface area contributed by atoms with Crippen LogP contribution in [0.25, 0.3) is 0 Å². The third kappa shape index (κ3) is 19.1. The second-order valence-corrected chi connectivity index (χ2v) is 8.98. The molecule has 34 heavy (non-hydrogen) atoms. The molecule has 6 N–H and O–H groups in total. The number of rotatable bonds is 20. The smallest absolute Gasteiger partial charge is 0.322 e. The molecule has 192 valence electrons. The maximum Gasteiger partial charge on any atom is 0.322 e. The molecule has 0 saturated heterocycles. The number of carboxylic acids is 2. The first kappa shape index (κ1) is 31.6. The van der Waals surface area contributed by atoms with Gasteiger partial charge in [-0.05, 0) is 32.1 Å². The largest absolute Gasteiger partial charge is 0.481 e. The van der Waals surface area contributed by atoms with Crippen molar-refractivity contribution in [1.29, 1.82) is 0 Å². The number of hydrogen-bond donors (Lipinski definition) is 5. The lowest BCUT2D eigenvalue weighted by Gasteiger charge is -2.21. The lowest BCUT2D eigenvalue weighted by molar-refractivity contribution is -0.138. The van der Waals surface area contributed by atoms with Gasteiger partial charge in [-0.25, -0.2) is 0 Å². The first-order chi connectivity index (χ1) is 16.3. The highest BCUT2D eigenvalue weighted by atomic mass is 32.2. The molecule has 0 spiro atoms. The summed E-state index contributed by atoms with van der Waals surface area (Å²) < 4.78 is 0. The van der Waals surface area contributed by atoms with Crippen LogP contribution < -0.4 is 11.1 Å². The summed E-state index contributed by atoms with van der Waals surface area (Å²) in [5.41, 5.74) is 5.82. The maximum absolute atomic E-state index is 11.9. The van der Waals surface area contributed by atoms with Crippen LogP contribution >= 0.6 is 11.8 Å². The maximum atomic E-state index is 11.9. The highest BCUT2D eigenvalue weighted by Crippen LogP contribution is 2.21. The summed E-state index contributed by atoms with van der Waals surface area (Å²) in [6.45, 7) is 1.68. The summed E-state index contributed by atoms with van der Waals surface area (Å²) in [6, 6.07) is -0.931. The molecule has 0 aromatic rings. The quantitative estimate of drug-likeness (QED) is 0.0977. The molecule has 0 heterocycles. The van der Waals surface area contributed by atoms with E-state index in [2.05, 4.69) is 24.4 Å². The second-order valence-electron chi connectivity index (χ2n) is 7.77. The van der Waals surface area contributed by atoms with Gasteiger partial charge in [0.05, 0.1) is 12.1 Å². The fraction of sp³-hybridized carbons (Fsp3) is 0.560. The van der Waals surface area contributed by atoms with Gasteiger partial charge in [0.1, 0.15) is 6.54 Å². The van der Waals surface area contributed by atoms with Crippen molar-refractivity contribution in [3.8, 4) is 0 Å². The van der Waals surface area contributed by atoms with E-state index in [4.69, 9.17) is 15.9 Å². The molecule has 8 nitrogen and oxygen atoms in total. The van der Waals surface area contributed by atoms with Gasteiger partial charge < -0.3 is 26.4 Å². The minimum absolute atomic E-state index is 0.0347. The lowest BCUT2D eigenvalue weighted by atomic mass is 10.1. The standard InChI is InChI=1S/C25H40N2O6S/c1-2-3-4-5-6-7-8-9-10-11-12-13-16-22(21(28)15-14-17-23(29)30)34-19-20(26)25(33)27-18-24(31)32/h6-7,9-13,16,20-22,28H,2-5,8,14-15,17-19,26H2,1H3,(H,27,33)(H,29,30)(H,31,32)/b7-6-,10-9-,12-11+,16-13+/t20?,21-,22+/m0/s1. The molecule has 0 aliphatic heterocycles. The van der Waals surface area contributed by atoms with Gasteiger partial charge in [-0.15, -0.1) is 11.8 Å². The molecule has 0 rings (SSSR count). The van der Waals surface area contributed by atoms with Gasteiger partial charge in [0.25, 0.3) is 0 Å². The zero-order chi connectivity index (χ0) is 25.6. The normalized spacial score (nSPS) is 14.8. The fourth-order valence-corrected chi connectivity index (χ4v) is 3.91. The predicted octanol–water partition coefficient (Wildman–Crippen LogP) is 3.43. The molecule has 0 aliphatic carbocycles. The van der Waals surface area contributed by atoms with Gasteiger partial charge in [0, 0.05) is 17.4 Å². The summed E-state index contributed by atoms with van der Waals surface area (Å²) >= 11 is 1.26. The third-order valence-electron chi connectivity index (χ3n) is 4.67. The van der Waals surface area contributed by atoms with Gasteiger partial charge >= 0.3 is 11.9 Å². The average Bonchev–Trinajstić information content (AvgIpc) is 2.79. The average molecular weight is 497 g/mol. The number of unbranched alkanes of at least 4 members (excludes halogenated alkanes) is 3. The van der Waals surface area contributed by atoms with Crippen molar-refractivity contribution in [2.45, 2.75) is 75.7 Å². The van der Waals surface area contributed by atoms with Crippen molar-refractivity contribution in [3.63, 3.8) is 0 Å². The Morgan fingerprint density at radius 2 is 1.71 bits per heavy atom. The fourth-order valence-electron chi connectivity index (χ4n) is 2.77. The Labute approximate surface area is 207 Å². The second kappa shape index (κ2) is 21.2. The van der Waals surface area contributed by atoms with Crippen LogP contribution in [0.1, 0.15) is 58.3 Å². The number of carbonyl (C=O) groups excluding carboxylic acids is 1. The number of aliphatic hydroxyl groups is 1. The van der Waals surface area contributed by atoms with E-state index < -0.39 is 41.8 Å². The SMILES string of the molecule is CCCCC/C=C\C\C=C/C=C/C=C/[C@@H](SCC(N)C(=O)NCC(=O)O)[C@@H](O)CCCC(=O)O. The predicted molar refractivity (Wildman–Crippen MR) is 138 cm³/mol. The monoisotopic (exact) mass is 496 g/mol. The van der Waals surface area contributed by atoms with Crippen LogP contribution in [0.15, 0.2) is 48.6 Å². The van der Waals surface area contributed by atoms with Crippen molar-refractivity contribution in [2.24, 2.45) is 5.73 Å². The molecule has 1 unspecified atom stereocenters. The van der Waals surface area contributed by atoms with E-state index in [0.717, 1.165) is 12.8 Å². The van der Waals surface area contributed by atoms with Crippen LogP contribution in [0.4, 0.5) is 0 Å². The van der Waals surface area contributed by atoms with Gasteiger partial charge in [0.2, 0.25) is 5.91 Å². The summed E-state index contributed by atoms with van der Waals surface area (Å²) in [5.74, 6) is -2.49. The number of nitrogens with two attached hydrogens (primary N) is 1. The summed E-state index contributed by atoms with van der Waals surface area (Å²) in [7, 11) is 0. The van der Waals surface area contributed by atoms with Crippen LogP contribution in [0.5, 0.6) is 0 Å². The first-order valence-corrected chi connectivity index (χ1v) is 12.7. The third-order valence-corrected chi connectivity index (χ3v) is 6.08. The molecule has 0 fully saturated rings. The van der Waals surface area contributed by atoms with Gasteiger partial charge in [0.15, 0.2) is 0 Å². The zero-order valence-corrected chi connectivity index (χ0v) is 20.8. The topological polar surface area (TPSA) is 150 Å². The molecule has 0 bridgehead atoms. The van der Waals surface area contributed by atoms with E-state index in [1.807, 2.05) is 24.3 Å². The van der Waals surface area contributed by atoms with Gasteiger partial charge in [-0.3, -0.25) is 14.4 Å². The van der Waals surface area contributed by atoms with Gasteiger partial charge in [-0.2, -0.15) is 0 Å². The number of thioether (sulfide) groups is 1. The van der Waals surface area contributed by atoms with Crippen LogP contribution in [0, 0.1) is 0 Å². The molecule has 0 aliphatic rings. The van der Waals surface area contributed by atoms with Crippen LogP contribution in [-0.4, -0.2) is 62.9 Å². The van der Waals surface area contributed by atoms with E-state index in [0.29, 0.717) is 12.8 Å². The molecule has 9 heteroatoms. The lowest BCUT2D eigenvalue weighted by Crippen LogP contribution is -2.44. The Morgan fingerprint density at radius 3 is 2.38 bits per heavy atom. The highest BCUT2D eigenvalue weighted by Gasteiger charge is 2.21. The van der Waals surface area contributed by atoms with E-state index in [-0.39, 0.29) is 12.2 Å². The Hall–Kier alpha value is -2.36. The number of carboxylic acid groups (broad SMARTS) is 2. The Bertz CT molecular complexity index is 706. The van der Waals surface area contributed by atoms with Crippen molar-refractivity contribution < 1.29 is 29.7 Å². The molecule has 0 aromatic carbocycles. The van der Waals surface area contributed by atoms with E-state index in [9.17, 15) is 19.5 Å². The Kier molecular flexibility index (Phi) is 19.7. The Balaban J connectivity index is 4.70. The van der Waals surface area contributed by atoms with Crippen molar-refractivity contribution >= 4 is 29.6 Å². The summed E-state index contributed by atoms with van der Waals surface area (Å²) in [4.78, 5) is 33.2. The van der Waals surface area contributed by atoms with E-state index in [1.165, 1.54) is 31.0 Å². The Morgan fingerprint density at radius 1 is 0.971 bits per heavy atom. The minimum atomic E-state index is -1.16. The van der Waals surface area contributed by atoms with Crippen LogP contribution in [0.3, 0.4) is 0 Å². The molecule has 0 radical (unpaired) electrons. The van der Waals surface area contributed by atoms with Crippen molar-refractivity contribution in [1.82, 2.24) is 5.32 Å². The van der Waals surface area contributed by atoms with Crippen LogP contribution in [-0.2, 0) is 14.4 Å². The molecule has 1 amide bonds. The molecule has 3 atom stereocenters. The number of allylic oxidation sites excluding steroid dienone is 7. The van der Waals surface area contributed by atoms with Crippen LogP contribution in [0.2, 0.25) is 0 Å². The number of aliphatic carboxylic acids is 2. The van der Waals surface area contributed by atoms with Crippen molar-refractivity contribution in [3.05, 3.63) is 48.6 Å². The van der Waals surface area contributed by atoms with E-state index >= 15 is 0 Å². The molecular weight excluding hydrogens is 456 g/mol. The number of carbonyl (C=O) groups is 3. The highest BCUT2D eigenvalue weighted by molar-refractivity contribution is 8.00. The molecular formula is C25H40N2O6S. The first-order valence-electron chi connectivity index (χ1n) is 11.7.